The van der Waals surface area contributed by atoms with Crippen molar-refractivity contribution in [1.29, 1.82) is 5.41 Å². The average Bonchev–Trinajstić information content (AvgIpc) is 3.35. The lowest BCUT2D eigenvalue weighted by Crippen LogP contribution is -2.31. The first kappa shape index (κ1) is 25.0. The molecule has 0 aliphatic rings. The molecule has 2 aromatic carbocycles. The zero-order valence-corrected chi connectivity index (χ0v) is 19.5. The fourth-order valence-electron chi connectivity index (χ4n) is 3.24. The van der Waals surface area contributed by atoms with Gasteiger partial charge in [-0.3, -0.25) is 10.2 Å². The van der Waals surface area contributed by atoms with E-state index in [1.54, 1.807) is 42.5 Å². The largest absolute Gasteiger partial charge is 0.496 e. The molecule has 1 aromatic heterocycles. The van der Waals surface area contributed by atoms with E-state index in [1.165, 1.54) is 14.2 Å². The highest BCUT2D eigenvalue weighted by Gasteiger charge is 2.25. The third-order valence-corrected chi connectivity index (χ3v) is 5.18. The molecule has 180 valence electrons. The molecule has 11 heteroatoms. The van der Waals surface area contributed by atoms with Crippen molar-refractivity contribution in [1.82, 2.24) is 20.8 Å². The van der Waals surface area contributed by atoms with Gasteiger partial charge in [0.2, 0.25) is 11.8 Å². The molecular weight excluding hydrogens is 465 g/mol. The third kappa shape index (κ3) is 6.22. The van der Waals surface area contributed by atoms with Crippen LogP contribution in [0.2, 0.25) is 5.02 Å². The van der Waals surface area contributed by atoms with Gasteiger partial charge in [-0.2, -0.15) is 0 Å². The standard InChI is InChI=1S/C23H25ClFN5O4/c1-32-17-6-3-7-18(33-2)20(17)21(31)28-16(5-4-12-27-19(26)13-25)23-30-29-22(34-23)14-8-10-15(24)11-9-14/h3,6-11,16H,4-5,12-13H2,1-2H3,(H2,26,27)(H,28,31)/t16-/m0/s1. The molecule has 1 atom stereocenters. The van der Waals surface area contributed by atoms with E-state index in [9.17, 15) is 9.18 Å². The first-order valence-electron chi connectivity index (χ1n) is 10.4. The van der Waals surface area contributed by atoms with Crippen LogP contribution in [0, 0.1) is 5.41 Å². The number of aromatic nitrogens is 2. The van der Waals surface area contributed by atoms with E-state index in [2.05, 4.69) is 20.8 Å². The fraction of sp³-hybridized carbons (Fsp3) is 0.304. The summed E-state index contributed by atoms with van der Waals surface area (Å²) in [5, 5.41) is 21.8. The Morgan fingerprint density at radius 1 is 1.15 bits per heavy atom. The van der Waals surface area contributed by atoms with Crippen LogP contribution < -0.4 is 20.1 Å². The Balaban J connectivity index is 1.84. The van der Waals surface area contributed by atoms with Gasteiger partial charge in [0.15, 0.2) is 0 Å². The van der Waals surface area contributed by atoms with E-state index >= 15 is 0 Å². The molecule has 1 amide bonds. The lowest BCUT2D eigenvalue weighted by atomic mass is 10.1. The molecule has 0 unspecified atom stereocenters. The van der Waals surface area contributed by atoms with Crippen LogP contribution in [-0.4, -0.2) is 49.4 Å². The average molecular weight is 490 g/mol. The third-order valence-electron chi connectivity index (χ3n) is 4.93. The Kier molecular flexibility index (Phi) is 8.80. The second kappa shape index (κ2) is 12.0. The minimum atomic E-state index is -0.873. The number of amides is 1. The summed E-state index contributed by atoms with van der Waals surface area (Å²) in [5.74, 6) is 0.519. The highest BCUT2D eigenvalue weighted by molar-refractivity contribution is 6.30. The summed E-state index contributed by atoms with van der Waals surface area (Å²) >= 11 is 5.94. The first-order valence-corrected chi connectivity index (χ1v) is 10.8. The van der Waals surface area contributed by atoms with Crippen molar-refractivity contribution in [3.63, 3.8) is 0 Å². The Bertz CT molecular complexity index is 1100. The van der Waals surface area contributed by atoms with Gasteiger partial charge in [0.05, 0.1) is 14.2 Å². The van der Waals surface area contributed by atoms with Gasteiger partial charge < -0.3 is 24.5 Å². The van der Waals surface area contributed by atoms with Gasteiger partial charge in [-0.25, -0.2) is 4.39 Å². The summed E-state index contributed by atoms with van der Waals surface area (Å²) in [6.45, 7) is -0.535. The summed E-state index contributed by atoms with van der Waals surface area (Å²) < 4.78 is 29.0. The highest BCUT2D eigenvalue weighted by atomic mass is 35.5. The van der Waals surface area contributed by atoms with Crippen LogP contribution in [0.1, 0.15) is 35.1 Å². The molecule has 3 N–H and O–H groups in total. The summed E-state index contributed by atoms with van der Waals surface area (Å²) in [5.41, 5.74) is 0.907. The maximum atomic E-state index is 13.2. The van der Waals surface area contributed by atoms with Gasteiger partial charge in [0, 0.05) is 17.1 Å². The lowest BCUT2D eigenvalue weighted by Gasteiger charge is -2.18. The number of halogens is 2. The smallest absolute Gasteiger partial charge is 0.259 e. The number of ether oxygens (including phenoxy) is 2. The van der Waals surface area contributed by atoms with Crippen molar-refractivity contribution in [2.24, 2.45) is 0 Å². The number of hydrogen-bond acceptors (Lipinski definition) is 7. The molecule has 0 saturated carbocycles. The van der Waals surface area contributed by atoms with Crippen molar-refractivity contribution >= 4 is 23.3 Å². The number of hydrogen-bond donors (Lipinski definition) is 3. The predicted molar refractivity (Wildman–Crippen MR) is 125 cm³/mol. The molecule has 3 aromatic rings. The molecule has 1 heterocycles. The van der Waals surface area contributed by atoms with Crippen molar-refractivity contribution in [2.45, 2.75) is 18.9 Å². The summed E-state index contributed by atoms with van der Waals surface area (Å²) in [4.78, 5) is 13.2. The Morgan fingerprint density at radius 2 is 1.82 bits per heavy atom. The van der Waals surface area contributed by atoms with E-state index in [-0.39, 0.29) is 23.2 Å². The molecular formula is C23H25ClFN5O4. The molecule has 0 aliphatic carbocycles. The van der Waals surface area contributed by atoms with Gasteiger partial charge >= 0.3 is 0 Å². The first-order chi connectivity index (χ1) is 16.5. The molecule has 0 saturated heterocycles. The molecule has 9 nitrogen and oxygen atoms in total. The van der Waals surface area contributed by atoms with Gasteiger partial charge in [0.25, 0.3) is 5.91 Å². The maximum Gasteiger partial charge on any atom is 0.259 e. The minimum absolute atomic E-state index is 0.202. The normalized spacial score (nSPS) is 11.5. The summed E-state index contributed by atoms with van der Waals surface area (Å²) in [7, 11) is 2.93. The van der Waals surface area contributed by atoms with Crippen LogP contribution in [0.15, 0.2) is 46.9 Å². The van der Waals surface area contributed by atoms with Crippen LogP contribution in [0.3, 0.4) is 0 Å². The molecule has 3 rings (SSSR count). The number of nitrogens with one attached hydrogen (secondary N) is 3. The van der Waals surface area contributed by atoms with E-state index < -0.39 is 18.6 Å². The van der Waals surface area contributed by atoms with E-state index in [0.29, 0.717) is 41.5 Å². The van der Waals surface area contributed by atoms with Crippen molar-refractivity contribution in [3.05, 3.63) is 58.9 Å². The van der Waals surface area contributed by atoms with Crippen molar-refractivity contribution < 1.29 is 23.1 Å². The molecule has 34 heavy (non-hydrogen) atoms. The van der Waals surface area contributed by atoms with Crippen LogP contribution in [0.25, 0.3) is 11.5 Å². The predicted octanol–water partition coefficient (Wildman–Crippen LogP) is 4.19. The number of methoxy groups -OCH3 is 2. The number of amidine groups is 1. The second-order valence-corrected chi connectivity index (χ2v) is 7.63. The van der Waals surface area contributed by atoms with Gasteiger partial charge in [-0.1, -0.05) is 17.7 Å². The van der Waals surface area contributed by atoms with Gasteiger partial charge in [-0.15, -0.1) is 10.2 Å². The lowest BCUT2D eigenvalue weighted by molar-refractivity contribution is 0.0921. The topological polar surface area (TPSA) is 122 Å². The molecule has 0 spiro atoms. The molecule has 0 bridgehead atoms. The number of carbonyl (C=O) groups is 1. The monoisotopic (exact) mass is 489 g/mol. The van der Waals surface area contributed by atoms with E-state index in [1.807, 2.05) is 0 Å². The van der Waals surface area contributed by atoms with Crippen LogP contribution in [0.5, 0.6) is 11.5 Å². The minimum Gasteiger partial charge on any atom is -0.496 e. The number of benzene rings is 2. The van der Waals surface area contributed by atoms with Gasteiger partial charge in [-0.05, 0) is 49.2 Å². The second-order valence-electron chi connectivity index (χ2n) is 7.20. The summed E-state index contributed by atoms with van der Waals surface area (Å²) in [6, 6.07) is 11.3. The Hall–Kier alpha value is -3.66. The van der Waals surface area contributed by atoms with Gasteiger partial charge in [0.1, 0.15) is 35.6 Å². The summed E-state index contributed by atoms with van der Waals surface area (Å²) in [6.07, 6.45) is 0.882. The fourth-order valence-corrected chi connectivity index (χ4v) is 3.37. The quantitative estimate of drug-likeness (QED) is 0.209. The molecule has 0 fully saturated rings. The SMILES string of the molecule is COc1cccc(OC)c1C(=O)N[C@@H](CCCNC(=N)CF)c1nnc(-c2ccc(Cl)cc2)o1. The maximum absolute atomic E-state index is 13.2. The van der Waals surface area contributed by atoms with Crippen LogP contribution >= 0.6 is 11.6 Å². The number of rotatable bonds is 11. The Morgan fingerprint density at radius 3 is 2.44 bits per heavy atom. The highest BCUT2D eigenvalue weighted by Crippen LogP contribution is 2.30. The van der Waals surface area contributed by atoms with E-state index in [0.717, 1.165) is 0 Å². The number of carbonyl (C=O) groups excluding carboxylic acids is 1. The zero-order chi connectivity index (χ0) is 24.5. The van der Waals surface area contributed by atoms with Crippen molar-refractivity contribution in [2.75, 3.05) is 27.4 Å². The molecule has 0 radical (unpaired) electrons. The van der Waals surface area contributed by atoms with E-state index in [4.69, 9.17) is 30.9 Å². The number of alkyl halides is 1. The van der Waals surface area contributed by atoms with Crippen LogP contribution in [0.4, 0.5) is 4.39 Å². The zero-order valence-electron chi connectivity index (χ0n) is 18.7. The van der Waals surface area contributed by atoms with Crippen LogP contribution in [-0.2, 0) is 0 Å². The van der Waals surface area contributed by atoms with Crippen molar-refractivity contribution in [3.8, 4) is 23.0 Å². The Labute approximate surface area is 201 Å². The number of nitrogens with zero attached hydrogens (tertiary/aromatic N) is 2. The molecule has 0 aliphatic heterocycles.